The first kappa shape index (κ1) is 12.4. The van der Waals surface area contributed by atoms with E-state index in [4.69, 9.17) is 26.0 Å². The second kappa shape index (κ2) is 4.70. The molecule has 0 atom stereocenters. The zero-order valence-electron chi connectivity index (χ0n) is 9.73. The van der Waals surface area contributed by atoms with Crippen LogP contribution in [0.4, 0.5) is 0 Å². The predicted molar refractivity (Wildman–Crippen MR) is 65.2 cm³/mol. The molecule has 18 heavy (non-hydrogen) atoms. The van der Waals surface area contributed by atoms with E-state index in [1.807, 2.05) is 0 Å². The Balaban J connectivity index is 2.71. The van der Waals surface area contributed by atoms with Gasteiger partial charge in [0.05, 0.1) is 12.7 Å². The van der Waals surface area contributed by atoms with E-state index in [0.717, 1.165) is 0 Å². The van der Waals surface area contributed by atoms with Gasteiger partial charge in [-0.1, -0.05) is 16.8 Å². The van der Waals surface area contributed by atoms with Crippen molar-refractivity contribution in [3.05, 3.63) is 34.7 Å². The highest BCUT2D eigenvalue weighted by atomic mass is 35.5. The molecule has 5 nitrogen and oxygen atoms in total. The molecule has 0 amide bonds. The van der Waals surface area contributed by atoms with Crippen LogP contribution in [0.15, 0.2) is 22.7 Å². The van der Waals surface area contributed by atoms with Gasteiger partial charge in [-0.05, 0) is 25.1 Å². The molecule has 1 N–H and O–H groups in total. The lowest BCUT2D eigenvalue weighted by Gasteiger charge is -2.08. The number of halogens is 1. The summed E-state index contributed by atoms with van der Waals surface area (Å²) in [5, 5.41) is 13.1. The van der Waals surface area contributed by atoms with Crippen molar-refractivity contribution in [2.75, 3.05) is 7.11 Å². The molecule has 0 bridgehead atoms. The number of benzene rings is 1. The standard InChI is InChI=1S/C12H10ClNO4/c1-6-10(11(12(15)16)14-18-6)8-5-7(13)3-4-9(8)17-2/h3-5H,1-2H3,(H,15,16). The fourth-order valence-electron chi connectivity index (χ4n) is 1.71. The van der Waals surface area contributed by atoms with Crippen LogP contribution in [0.1, 0.15) is 16.2 Å². The topological polar surface area (TPSA) is 72.6 Å². The minimum absolute atomic E-state index is 0.159. The Bertz CT molecular complexity index is 606. The van der Waals surface area contributed by atoms with E-state index in [-0.39, 0.29) is 5.69 Å². The van der Waals surface area contributed by atoms with Crippen molar-refractivity contribution >= 4 is 17.6 Å². The molecule has 6 heteroatoms. The van der Waals surface area contributed by atoms with E-state index in [1.165, 1.54) is 7.11 Å². The molecule has 94 valence electrons. The number of carboxylic acids is 1. The zero-order chi connectivity index (χ0) is 13.3. The average molecular weight is 268 g/mol. The number of aromatic nitrogens is 1. The number of hydrogen-bond donors (Lipinski definition) is 1. The Labute approximate surface area is 108 Å². The molecule has 0 radical (unpaired) electrons. The molecular formula is C12H10ClNO4. The van der Waals surface area contributed by atoms with Gasteiger partial charge >= 0.3 is 5.97 Å². The first-order valence-electron chi connectivity index (χ1n) is 5.08. The third kappa shape index (κ3) is 2.04. The van der Waals surface area contributed by atoms with Crippen LogP contribution in [-0.4, -0.2) is 23.3 Å². The first-order chi connectivity index (χ1) is 8.54. The van der Waals surface area contributed by atoms with Gasteiger partial charge in [0.15, 0.2) is 5.69 Å². The van der Waals surface area contributed by atoms with E-state index >= 15 is 0 Å². The second-order valence-electron chi connectivity index (χ2n) is 3.61. The smallest absolute Gasteiger partial charge is 0.358 e. The van der Waals surface area contributed by atoms with Gasteiger partial charge in [-0.15, -0.1) is 0 Å². The molecule has 0 saturated heterocycles. The fourth-order valence-corrected chi connectivity index (χ4v) is 1.88. The van der Waals surface area contributed by atoms with Crippen LogP contribution in [0.2, 0.25) is 5.02 Å². The summed E-state index contributed by atoms with van der Waals surface area (Å²) in [6.07, 6.45) is 0. The number of hydrogen-bond acceptors (Lipinski definition) is 4. The number of nitrogens with zero attached hydrogens (tertiary/aromatic N) is 1. The van der Waals surface area contributed by atoms with Crippen LogP contribution < -0.4 is 4.74 Å². The number of rotatable bonds is 3. The highest BCUT2D eigenvalue weighted by Crippen LogP contribution is 2.36. The average Bonchev–Trinajstić information content (AvgIpc) is 2.71. The molecule has 0 spiro atoms. The van der Waals surface area contributed by atoms with Crippen molar-refractivity contribution in [3.63, 3.8) is 0 Å². The van der Waals surface area contributed by atoms with Crippen LogP contribution in [0, 0.1) is 6.92 Å². The zero-order valence-corrected chi connectivity index (χ0v) is 10.5. The van der Waals surface area contributed by atoms with Gasteiger partial charge in [0, 0.05) is 10.6 Å². The lowest BCUT2D eigenvalue weighted by Crippen LogP contribution is -2.00. The number of methoxy groups -OCH3 is 1. The van der Waals surface area contributed by atoms with E-state index in [2.05, 4.69) is 5.16 Å². The monoisotopic (exact) mass is 267 g/mol. The van der Waals surface area contributed by atoms with E-state index in [9.17, 15) is 4.79 Å². The SMILES string of the molecule is COc1ccc(Cl)cc1-c1c(C(=O)O)noc1C. The van der Waals surface area contributed by atoms with Crippen LogP contribution in [0.5, 0.6) is 5.75 Å². The molecule has 2 aromatic rings. The molecule has 1 aromatic carbocycles. The highest BCUT2D eigenvalue weighted by Gasteiger charge is 2.23. The summed E-state index contributed by atoms with van der Waals surface area (Å²) in [6.45, 7) is 1.63. The van der Waals surface area contributed by atoms with Crippen molar-refractivity contribution in [1.82, 2.24) is 5.16 Å². The third-order valence-electron chi connectivity index (χ3n) is 2.50. The summed E-state index contributed by atoms with van der Waals surface area (Å²) >= 11 is 5.92. The maximum atomic E-state index is 11.1. The fraction of sp³-hybridized carbons (Fsp3) is 0.167. The molecule has 0 aliphatic heterocycles. The molecule has 0 fully saturated rings. The molecule has 1 aromatic heterocycles. The molecule has 0 aliphatic rings. The number of aromatic carboxylic acids is 1. The van der Waals surface area contributed by atoms with E-state index in [1.54, 1.807) is 25.1 Å². The highest BCUT2D eigenvalue weighted by molar-refractivity contribution is 6.31. The summed E-state index contributed by atoms with van der Waals surface area (Å²) in [5.41, 5.74) is 0.760. The largest absolute Gasteiger partial charge is 0.496 e. The van der Waals surface area contributed by atoms with Crippen molar-refractivity contribution in [2.24, 2.45) is 0 Å². The summed E-state index contributed by atoms with van der Waals surface area (Å²) < 4.78 is 10.1. The number of carbonyl (C=O) groups is 1. The van der Waals surface area contributed by atoms with Gasteiger partial charge in [-0.2, -0.15) is 0 Å². The number of carboxylic acid groups (broad SMARTS) is 1. The summed E-state index contributed by atoms with van der Waals surface area (Å²) in [7, 11) is 1.50. The number of ether oxygens (including phenoxy) is 1. The van der Waals surface area contributed by atoms with E-state index in [0.29, 0.717) is 27.7 Å². The van der Waals surface area contributed by atoms with Crippen LogP contribution in [0.3, 0.4) is 0 Å². The first-order valence-corrected chi connectivity index (χ1v) is 5.46. The van der Waals surface area contributed by atoms with Gasteiger partial charge in [0.1, 0.15) is 11.5 Å². The molecular weight excluding hydrogens is 258 g/mol. The molecule has 1 heterocycles. The van der Waals surface area contributed by atoms with Crippen LogP contribution >= 0.6 is 11.6 Å². The maximum absolute atomic E-state index is 11.1. The van der Waals surface area contributed by atoms with Crippen LogP contribution in [0.25, 0.3) is 11.1 Å². The van der Waals surface area contributed by atoms with E-state index < -0.39 is 5.97 Å². The van der Waals surface area contributed by atoms with Gasteiger partial charge in [0.2, 0.25) is 0 Å². The van der Waals surface area contributed by atoms with Gasteiger partial charge in [-0.3, -0.25) is 0 Å². The Morgan fingerprint density at radius 3 is 2.83 bits per heavy atom. The van der Waals surface area contributed by atoms with Crippen molar-refractivity contribution in [3.8, 4) is 16.9 Å². The van der Waals surface area contributed by atoms with Crippen molar-refractivity contribution < 1.29 is 19.2 Å². The lowest BCUT2D eigenvalue weighted by atomic mass is 10.0. The molecule has 2 rings (SSSR count). The predicted octanol–water partition coefficient (Wildman–Crippen LogP) is 3.01. The third-order valence-corrected chi connectivity index (χ3v) is 2.73. The Kier molecular flexibility index (Phi) is 3.25. The van der Waals surface area contributed by atoms with Crippen molar-refractivity contribution in [1.29, 1.82) is 0 Å². The van der Waals surface area contributed by atoms with Gasteiger partial charge in [0.25, 0.3) is 0 Å². The summed E-state index contributed by atoms with van der Waals surface area (Å²) in [5.74, 6) is -0.259. The Morgan fingerprint density at radius 2 is 2.22 bits per heavy atom. The normalized spacial score (nSPS) is 10.4. The number of aryl methyl sites for hydroxylation is 1. The van der Waals surface area contributed by atoms with Crippen LogP contribution in [-0.2, 0) is 0 Å². The lowest BCUT2D eigenvalue weighted by molar-refractivity contribution is 0.0686. The van der Waals surface area contributed by atoms with Gasteiger partial charge in [-0.25, -0.2) is 4.79 Å². The van der Waals surface area contributed by atoms with Gasteiger partial charge < -0.3 is 14.4 Å². The Morgan fingerprint density at radius 1 is 1.50 bits per heavy atom. The molecule has 0 unspecified atom stereocenters. The molecule has 0 saturated carbocycles. The minimum atomic E-state index is -1.16. The summed E-state index contributed by atoms with van der Waals surface area (Å²) in [6, 6.07) is 4.94. The minimum Gasteiger partial charge on any atom is -0.496 e. The quantitative estimate of drug-likeness (QED) is 0.925. The van der Waals surface area contributed by atoms with Crippen molar-refractivity contribution in [2.45, 2.75) is 6.92 Å². The summed E-state index contributed by atoms with van der Waals surface area (Å²) in [4.78, 5) is 11.1. The second-order valence-corrected chi connectivity index (χ2v) is 4.05. The maximum Gasteiger partial charge on any atom is 0.358 e. The Hall–Kier alpha value is -2.01. The molecule has 0 aliphatic carbocycles.